The number of hydrogen-bond acceptors (Lipinski definition) is 6. The van der Waals surface area contributed by atoms with Gasteiger partial charge in [0.15, 0.2) is 0 Å². The fourth-order valence-corrected chi connectivity index (χ4v) is 2.17. The molecule has 0 aliphatic heterocycles. The van der Waals surface area contributed by atoms with Crippen LogP contribution in [0.2, 0.25) is 0 Å². The van der Waals surface area contributed by atoms with E-state index in [0.29, 0.717) is 36.1 Å². The third-order valence-electron chi connectivity index (χ3n) is 3.51. The summed E-state index contributed by atoms with van der Waals surface area (Å²) < 4.78 is 3.33. The van der Waals surface area contributed by atoms with Crippen LogP contribution in [0.25, 0.3) is 0 Å². The van der Waals surface area contributed by atoms with Gasteiger partial charge in [0.1, 0.15) is 11.6 Å². The average molecular weight is 444 g/mol. The Morgan fingerprint density at radius 1 is 0.615 bits per heavy atom. The molecule has 0 saturated heterocycles. The molecule has 0 atom stereocenters. The highest BCUT2D eigenvalue weighted by Crippen LogP contribution is 2.17. The molecule has 26 heavy (non-hydrogen) atoms. The molecule has 2 heterocycles. The molecule has 3 rings (SSSR count). The zero-order chi connectivity index (χ0) is 15.7. The van der Waals surface area contributed by atoms with E-state index in [1.165, 1.54) is 0 Å². The Balaban J connectivity index is 0. The number of hydrogen-bond donors (Lipinski definition) is 4. The van der Waals surface area contributed by atoms with Gasteiger partial charge in [0.2, 0.25) is 0 Å². The number of aromatic nitrogens is 4. The van der Waals surface area contributed by atoms with Crippen molar-refractivity contribution in [1.29, 1.82) is 0 Å². The van der Waals surface area contributed by atoms with Crippen molar-refractivity contribution >= 4 is 72.6 Å². The van der Waals surface area contributed by atoms with Crippen LogP contribution in [0.15, 0.2) is 36.7 Å². The lowest BCUT2D eigenvalue weighted by Crippen LogP contribution is -2.08. The minimum atomic E-state index is 0. The van der Waals surface area contributed by atoms with Gasteiger partial charge in [-0.25, -0.2) is 9.36 Å². The molecule has 146 valence electrons. The van der Waals surface area contributed by atoms with Crippen molar-refractivity contribution in [3.05, 3.63) is 47.8 Å². The molecule has 0 radical (unpaired) electrons. The van der Waals surface area contributed by atoms with Gasteiger partial charge < -0.3 is 22.9 Å². The van der Waals surface area contributed by atoms with E-state index in [1.54, 1.807) is 21.8 Å². The van der Waals surface area contributed by atoms with Crippen molar-refractivity contribution in [2.45, 2.75) is 13.1 Å². The van der Waals surface area contributed by atoms with Crippen molar-refractivity contribution in [2.24, 2.45) is 0 Å². The first-order chi connectivity index (χ1) is 10.5. The number of anilines is 4. The van der Waals surface area contributed by atoms with Crippen molar-refractivity contribution in [3.8, 4) is 0 Å². The minimum Gasteiger partial charge on any atom is -0.394 e. The second-order valence-electron chi connectivity index (χ2n) is 5.10. The summed E-state index contributed by atoms with van der Waals surface area (Å²) in [6.45, 7) is 1.14. The number of nitrogens with zero attached hydrogens (tertiary/aromatic N) is 4. The highest BCUT2D eigenvalue weighted by molar-refractivity contribution is 5.86. The van der Waals surface area contributed by atoms with E-state index in [1.807, 2.05) is 24.3 Å². The Morgan fingerprint density at radius 2 is 0.923 bits per heavy atom. The van der Waals surface area contributed by atoms with Gasteiger partial charge in [-0.05, 0) is 11.1 Å². The topological polar surface area (TPSA) is 140 Å². The van der Waals surface area contributed by atoms with Crippen LogP contribution in [0.3, 0.4) is 0 Å². The Bertz CT molecular complexity index is 733. The van der Waals surface area contributed by atoms with E-state index < -0.39 is 0 Å². The molecule has 8 N–H and O–H groups in total. The molecule has 0 aliphatic carbocycles. The highest BCUT2D eigenvalue weighted by atomic mass is 35.5. The van der Waals surface area contributed by atoms with E-state index in [0.717, 1.165) is 11.1 Å². The monoisotopic (exact) mass is 442 g/mol. The van der Waals surface area contributed by atoms with Crippen LogP contribution in [0.5, 0.6) is 0 Å². The highest BCUT2D eigenvalue weighted by Gasteiger charge is 2.06. The van der Waals surface area contributed by atoms with E-state index >= 15 is 0 Å². The first-order valence-electron chi connectivity index (χ1n) is 6.76. The fourth-order valence-electron chi connectivity index (χ4n) is 2.17. The Morgan fingerprint density at radius 3 is 1.15 bits per heavy atom. The maximum Gasteiger partial charge on any atom is 0.145 e. The molecule has 0 amide bonds. The Kier molecular flexibility index (Phi) is 11.0. The van der Waals surface area contributed by atoms with Crippen molar-refractivity contribution in [2.75, 3.05) is 22.9 Å². The standard InChI is InChI=1S/C14H18N8.4ClH/c15-11-5-19-21(13(11)17)7-9-1-2-10(4-3-9)8-22-14(18)12(16)6-20-22;;;;/h1-6H,7-8,15-18H2;4*1H. The molecule has 0 spiro atoms. The molecule has 2 aromatic heterocycles. The maximum atomic E-state index is 5.84. The van der Waals surface area contributed by atoms with Crippen LogP contribution in [0.4, 0.5) is 23.0 Å². The summed E-state index contributed by atoms with van der Waals surface area (Å²) in [6.07, 6.45) is 3.10. The quantitative estimate of drug-likeness (QED) is 0.487. The van der Waals surface area contributed by atoms with E-state index in [9.17, 15) is 0 Å². The van der Waals surface area contributed by atoms with Gasteiger partial charge in [-0.1, -0.05) is 24.3 Å². The van der Waals surface area contributed by atoms with Crippen molar-refractivity contribution in [3.63, 3.8) is 0 Å². The van der Waals surface area contributed by atoms with Gasteiger partial charge in [0.05, 0.1) is 36.9 Å². The lowest BCUT2D eigenvalue weighted by atomic mass is 10.1. The van der Waals surface area contributed by atoms with Crippen LogP contribution >= 0.6 is 49.6 Å². The molecule has 0 bridgehead atoms. The van der Waals surface area contributed by atoms with E-state index in [-0.39, 0.29) is 49.6 Å². The average Bonchev–Trinajstić information content (AvgIpc) is 3.00. The molecular formula is C14H22Cl4N8. The molecule has 12 heteroatoms. The van der Waals surface area contributed by atoms with E-state index in [2.05, 4.69) is 10.2 Å². The normalized spacial score (nSPS) is 9.23. The summed E-state index contributed by atoms with van der Waals surface area (Å²) >= 11 is 0. The number of benzene rings is 1. The molecule has 0 saturated carbocycles. The van der Waals surface area contributed by atoms with Gasteiger partial charge in [0.25, 0.3) is 0 Å². The van der Waals surface area contributed by atoms with Crippen molar-refractivity contribution in [1.82, 2.24) is 19.6 Å². The number of nitrogens with two attached hydrogens (primary N) is 4. The molecule has 8 nitrogen and oxygen atoms in total. The van der Waals surface area contributed by atoms with Crippen LogP contribution in [-0.2, 0) is 13.1 Å². The molecule has 1 aromatic carbocycles. The smallest absolute Gasteiger partial charge is 0.145 e. The largest absolute Gasteiger partial charge is 0.394 e. The van der Waals surface area contributed by atoms with Crippen LogP contribution < -0.4 is 22.9 Å². The van der Waals surface area contributed by atoms with Crippen LogP contribution in [-0.4, -0.2) is 19.6 Å². The molecular weight excluding hydrogens is 422 g/mol. The third-order valence-corrected chi connectivity index (χ3v) is 3.51. The summed E-state index contributed by atoms with van der Waals surface area (Å²) in [5.41, 5.74) is 26.2. The summed E-state index contributed by atoms with van der Waals surface area (Å²) in [7, 11) is 0. The Hall–Kier alpha value is -2.00. The summed E-state index contributed by atoms with van der Waals surface area (Å²) in [5.74, 6) is 0.952. The van der Waals surface area contributed by atoms with Crippen LogP contribution in [0.1, 0.15) is 11.1 Å². The molecule has 0 aliphatic rings. The van der Waals surface area contributed by atoms with Gasteiger partial charge in [-0.3, -0.25) is 0 Å². The lowest BCUT2D eigenvalue weighted by molar-refractivity contribution is 0.689. The number of nitrogen functional groups attached to an aromatic ring is 4. The fraction of sp³-hybridized carbons (Fsp3) is 0.143. The first-order valence-corrected chi connectivity index (χ1v) is 6.76. The number of halogens is 4. The van der Waals surface area contributed by atoms with Gasteiger partial charge in [-0.15, -0.1) is 49.6 Å². The summed E-state index contributed by atoms with van der Waals surface area (Å²) in [5, 5.41) is 8.27. The molecule has 0 unspecified atom stereocenters. The molecule has 0 fully saturated rings. The SMILES string of the molecule is Cl.Cl.Cl.Cl.Nc1cnn(Cc2ccc(Cn3ncc(N)c3N)cc2)c1N. The molecule has 3 aromatic rings. The van der Waals surface area contributed by atoms with Gasteiger partial charge in [0, 0.05) is 0 Å². The lowest BCUT2D eigenvalue weighted by Gasteiger charge is -2.07. The third kappa shape index (κ3) is 5.50. The maximum absolute atomic E-state index is 5.84. The Labute approximate surface area is 175 Å². The second kappa shape index (κ2) is 10.9. The number of rotatable bonds is 4. The van der Waals surface area contributed by atoms with Gasteiger partial charge >= 0.3 is 0 Å². The predicted octanol–water partition coefficient (Wildman–Crippen LogP) is 2.19. The predicted molar refractivity (Wildman–Crippen MR) is 116 cm³/mol. The van der Waals surface area contributed by atoms with Crippen molar-refractivity contribution < 1.29 is 0 Å². The second-order valence-corrected chi connectivity index (χ2v) is 5.10. The van der Waals surface area contributed by atoms with Crippen LogP contribution in [0, 0.1) is 0 Å². The summed E-state index contributed by atoms with van der Waals surface area (Å²) in [6, 6.07) is 8.04. The minimum absolute atomic E-state index is 0. The first kappa shape index (κ1) is 26.2. The van der Waals surface area contributed by atoms with E-state index in [4.69, 9.17) is 22.9 Å². The van der Waals surface area contributed by atoms with Gasteiger partial charge in [-0.2, -0.15) is 10.2 Å². The zero-order valence-electron chi connectivity index (χ0n) is 13.6. The summed E-state index contributed by atoms with van der Waals surface area (Å²) in [4.78, 5) is 0. The zero-order valence-corrected chi connectivity index (χ0v) is 16.9.